The van der Waals surface area contributed by atoms with Gasteiger partial charge in [0.15, 0.2) is 9.84 Å². The van der Waals surface area contributed by atoms with Crippen molar-refractivity contribution in [1.29, 1.82) is 0 Å². The molecule has 2 unspecified atom stereocenters. The molecular formula is C12H14ClNO2S2. The maximum atomic E-state index is 11.4. The molecule has 0 aliphatic carbocycles. The van der Waals surface area contributed by atoms with E-state index in [2.05, 4.69) is 4.98 Å². The van der Waals surface area contributed by atoms with Gasteiger partial charge < -0.3 is 0 Å². The number of alkyl halides is 1. The standard InChI is InChI=1S/C12H14ClNO2S2/c1-8(18(2,15)16)9(13)7-12-14-10-5-3-4-6-11(10)17-12/h3-6,8-9H,7H2,1-2H3. The van der Waals surface area contributed by atoms with Crippen LogP contribution in [0.15, 0.2) is 24.3 Å². The average Bonchev–Trinajstić information content (AvgIpc) is 2.68. The summed E-state index contributed by atoms with van der Waals surface area (Å²) < 4.78 is 24.0. The fourth-order valence-corrected chi connectivity index (χ4v) is 4.06. The molecule has 1 heterocycles. The lowest BCUT2D eigenvalue weighted by atomic mass is 10.2. The van der Waals surface area contributed by atoms with Crippen molar-refractivity contribution in [1.82, 2.24) is 4.98 Å². The second-order valence-electron chi connectivity index (χ2n) is 4.33. The van der Waals surface area contributed by atoms with Crippen LogP contribution in [0.3, 0.4) is 0 Å². The summed E-state index contributed by atoms with van der Waals surface area (Å²) in [6, 6.07) is 7.84. The summed E-state index contributed by atoms with van der Waals surface area (Å²) in [6.07, 6.45) is 1.69. The number of benzene rings is 1. The van der Waals surface area contributed by atoms with Crippen LogP contribution in [0.5, 0.6) is 0 Å². The number of fused-ring (bicyclic) bond motifs is 1. The third-order valence-corrected chi connectivity index (χ3v) is 6.31. The molecule has 0 aliphatic rings. The Kier molecular flexibility index (Phi) is 3.94. The van der Waals surface area contributed by atoms with Crippen LogP contribution < -0.4 is 0 Å². The van der Waals surface area contributed by atoms with Crippen molar-refractivity contribution in [3.63, 3.8) is 0 Å². The van der Waals surface area contributed by atoms with Crippen LogP contribution in [0.4, 0.5) is 0 Å². The van der Waals surface area contributed by atoms with Gasteiger partial charge in [0.05, 0.1) is 25.9 Å². The highest BCUT2D eigenvalue weighted by atomic mass is 35.5. The molecule has 1 aromatic carbocycles. The molecule has 98 valence electrons. The van der Waals surface area contributed by atoms with Gasteiger partial charge in [-0.05, 0) is 19.1 Å². The van der Waals surface area contributed by atoms with Crippen LogP contribution in [0, 0.1) is 0 Å². The molecule has 6 heteroatoms. The number of para-hydroxylation sites is 1. The van der Waals surface area contributed by atoms with E-state index in [0.717, 1.165) is 15.2 Å². The topological polar surface area (TPSA) is 47.0 Å². The molecule has 2 aromatic rings. The Bertz CT molecular complexity index is 618. The smallest absolute Gasteiger partial charge is 0.151 e. The third-order valence-electron chi connectivity index (χ3n) is 2.89. The van der Waals surface area contributed by atoms with E-state index in [0.29, 0.717) is 6.42 Å². The fourth-order valence-electron chi connectivity index (χ4n) is 1.61. The van der Waals surface area contributed by atoms with Crippen molar-refractivity contribution in [2.75, 3.05) is 6.26 Å². The zero-order chi connectivity index (χ0) is 13.3. The Balaban J connectivity index is 2.19. The highest BCUT2D eigenvalue weighted by molar-refractivity contribution is 7.91. The van der Waals surface area contributed by atoms with Crippen LogP contribution in [-0.4, -0.2) is 30.3 Å². The molecule has 3 nitrogen and oxygen atoms in total. The highest BCUT2D eigenvalue weighted by Crippen LogP contribution is 2.25. The number of hydrogen-bond donors (Lipinski definition) is 0. The molecule has 0 bridgehead atoms. The first kappa shape index (κ1) is 13.8. The van der Waals surface area contributed by atoms with Gasteiger partial charge in [0.2, 0.25) is 0 Å². The molecule has 0 aliphatic heterocycles. The Morgan fingerprint density at radius 1 is 1.39 bits per heavy atom. The van der Waals surface area contributed by atoms with E-state index < -0.39 is 20.5 Å². The van der Waals surface area contributed by atoms with Crippen LogP contribution >= 0.6 is 22.9 Å². The predicted molar refractivity (Wildman–Crippen MR) is 77.3 cm³/mol. The molecule has 0 saturated heterocycles. The average molecular weight is 304 g/mol. The van der Waals surface area contributed by atoms with E-state index in [1.165, 1.54) is 6.26 Å². The number of thiazole rings is 1. The zero-order valence-corrected chi connectivity index (χ0v) is 12.5. The Morgan fingerprint density at radius 2 is 2.06 bits per heavy atom. The summed E-state index contributed by atoms with van der Waals surface area (Å²) in [5, 5.41) is -0.126. The van der Waals surface area contributed by atoms with E-state index in [-0.39, 0.29) is 0 Å². The van der Waals surface area contributed by atoms with Gasteiger partial charge in [0.25, 0.3) is 0 Å². The maximum Gasteiger partial charge on any atom is 0.151 e. The predicted octanol–water partition coefficient (Wildman–Crippen LogP) is 2.88. The summed E-state index contributed by atoms with van der Waals surface area (Å²) in [7, 11) is -3.11. The first-order valence-corrected chi connectivity index (χ1v) is 8.76. The zero-order valence-electron chi connectivity index (χ0n) is 10.1. The van der Waals surface area contributed by atoms with Crippen LogP contribution in [0.25, 0.3) is 10.2 Å². The number of halogens is 1. The SMILES string of the molecule is CC(C(Cl)Cc1nc2ccccc2s1)S(C)(=O)=O. The summed E-state index contributed by atoms with van der Waals surface area (Å²) in [4.78, 5) is 4.46. The summed E-state index contributed by atoms with van der Waals surface area (Å²) in [5.74, 6) is 0. The summed E-state index contributed by atoms with van der Waals surface area (Å²) in [5.41, 5.74) is 0.938. The molecule has 0 fully saturated rings. The minimum absolute atomic E-state index is 0.444. The third kappa shape index (κ3) is 3.02. The normalized spacial score (nSPS) is 15.7. The monoisotopic (exact) mass is 303 g/mol. The summed E-state index contributed by atoms with van der Waals surface area (Å²) >= 11 is 7.73. The Morgan fingerprint density at radius 3 is 2.67 bits per heavy atom. The minimum atomic E-state index is -3.11. The quantitative estimate of drug-likeness (QED) is 0.816. The number of sulfone groups is 1. The van der Waals surface area contributed by atoms with Gasteiger partial charge in [-0.2, -0.15) is 0 Å². The molecule has 0 amide bonds. The molecule has 1 aromatic heterocycles. The molecule has 0 N–H and O–H groups in total. The van der Waals surface area contributed by atoms with E-state index in [4.69, 9.17) is 11.6 Å². The molecule has 2 rings (SSSR count). The van der Waals surface area contributed by atoms with Crippen molar-refractivity contribution in [2.24, 2.45) is 0 Å². The number of nitrogens with zero attached hydrogens (tertiary/aromatic N) is 1. The van der Waals surface area contributed by atoms with Crippen LogP contribution in [-0.2, 0) is 16.3 Å². The molecular weight excluding hydrogens is 290 g/mol. The van der Waals surface area contributed by atoms with Crippen molar-refractivity contribution < 1.29 is 8.42 Å². The Hall–Kier alpha value is -0.650. The maximum absolute atomic E-state index is 11.4. The molecule has 0 spiro atoms. The van der Waals surface area contributed by atoms with E-state index in [1.807, 2.05) is 24.3 Å². The van der Waals surface area contributed by atoms with Crippen LogP contribution in [0.1, 0.15) is 11.9 Å². The van der Waals surface area contributed by atoms with Gasteiger partial charge in [0, 0.05) is 12.7 Å². The first-order chi connectivity index (χ1) is 8.38. The van der Waals surface area contributed by atoms with Crippen molar-refractivity contribution >= 4 is 43.0 Å². The second-order valence-corrected chi connectivity index (χ2v) is 8.41. The minimum Gasteiger partial charge on any atom is -0.241 e. The first-order valence-electron chi connectivity index (χ1n) is 5.55. The van der Waals surface area contributed by atoms with Crippen molar-refractivity contribution in [3.05, 3.63) is 29.3 Å². The fraction of sp³-hybridized carbons (Fsp3) is 0.417. The van der Waals surface area contributed by atoms with Crippen molar-refractivity contribution in [3.8, 4) is 0 Å². The van der Waals surface area contributed by atoms with Gasteiger partial charge >= 0.3 is 0 Å². The van der Waals surface area contributed by atoms with Gasteiger partial charge in [-0.1, -0.05) is 12.1 Å². The van der Waals surface area contributed by atoms with E-state index in [1.54, 1.807) is 18.3 Å². The lowest BCUT2D eigenvalue weighted by Crippen LogP contribution is -2.28. The van der Waals surface area contributed by atoms with Gasteiger partial charge in [-0.25, -0.2) is 13.4 Å². The molecule has 18 heavy (non-hydrogen) atoms. The Labute approximate surface area is 116 Å². The largest absolute Gasteiger partial charge is 0.241 e. The van der Waals surface area contributed by atoms with Crippen molar-refractivity contribution in [2.45, 2.75) is 24.0 Å². The lowest BCUT2D eigenvalue weighted by Gasteiger charge is -2.14. The molecule has 0 saturated carbocycles. The van der Waals surface area contributed by atoms with Gasteiger partial charge in [-0.3, -0.25) is 0 Å². The lowest BCUT2D eigenvalue weighted by molar-refractivity contribution is 0.584. The molecule has 0 radical (unpaired) electrons. The second kappa shape index (κ2) is 5.15. The van der Waals surface area contributed by atoms with E-state index in [9.17, 15) is 8.42 Å². The molecule has 2 atom stereocenters. The van der Waals surface area contributed by atoms with E-state index >= 15 is 0 Å². The highest BCUT2D eigenvalue weighted by Gasteiger charge is 2.25. The number of hydrogen-bond acceptors (Lipinski definition) is 4. The van der Waals surface area contributed by atoms with Gasteiger partial charge in [0.1, 0.15) is 0 Å². The van der Waals surface area contributed by atoms with Gasteiger partial charge in [-0.15, -0.1) is 22.9 Å². The van der Waals surface area contributed by atoms with Crippen LogP contribution in [0.2, 0.25) is 0 Å². The number of rotatable bonds is 4. The summed E-state index contributed by atoms with van der Waals surface area (Å²) in [6.45, 7) is 1.64. The number of aromatic nitrogens is 1.